The third-order valence-electron chi connectivity index (χ3n) is 12.5. The Hall–Kier alpha value is -4.83. The minimum atomic E-state index is -1.47. The maximum Gasteiger partial charge on any atom is 0.302 e. The zero-order valence-electron chi connectivity index (χ0n) is 38.2. The highest BCUT2D eigenvalue weighted by Gasteiger charge is 2.42. The van der Waals surface area contributed by atoms with Crippen molar-refractivity contribution in [2.75, 3.05) is 32.1 Å². The SMILES string of the molecule is CO[C@H]1/C=C/OC(C)(C)Oc2c(C)c(O)c3c(O)c(c4c(c3c2C=O)NC2(CCN(CC(C)C)CC2)N=4)=NC(=O)/C(C)=C\C=C\[C@H](C)[C@H](O)[C@@H](C)[C@@H](O)[C@@H](C)[C@H](OC(C)=O)[C@@H]1C. The second-order valence-corrected chi connectivity index (χ2v) is 18.3. The Labute approximate surface area is 364 Å². The number of aliphatic hydroxyl groups is 2. The summed E-state index contributed by atoms with van der Waals surface area (Å²) in [4.78, 5) is 51.4. The summed E-state index contributed by atoms with van der Waals surface area (Å²) >= 11 is 0. The van der Waals surface area contributed by atoms with Gasteiger partial charge in [-0.15, -0.1) is 0 Å². The van der Waals surface area contributed by atoms with E-state index < -0.39 is 82.9 Å². The van der Waals surface area contributed by atoms with Crippen molar-refractivity contribution in [3.8, 4) is 17.2 Å². The van der Waals surface area contributed by atoms with Crippen LogP contribution in [-0.2, 0) is 23.8 Å². The van der Waals surface area contributed by atoms with Gasteiger partial charge >= 0.3 is 5.97 Å². The number of ether oxygens (including phenoxy) is 4. The molecule has 340 valence electrons. The van der Waals surface area contributed by atoms with Gasteiger partial charge in [0.05, 0.1) is 41.2 Å². The average Bonchev–Trinajstić information content (AvgIpc) is 3.59. The average molecular weight is 863 g/mol. The van der Waals surface area contributed by atoms with Crippen LogP contribution >= 0.6 is 0 Å². The number of piperidine rings is 1. The van der Waals surface area contributed by atoms with Crippen molar-refractivity contribution in [2.45, 2.75) is 125 Å². The highest BCUT2D eigenvalue weighted by molar-refractivity contribution is 6.13. The molecule has 0 aromatic heterocycles. The minimum Gasteiger partial charge on any atom is -0.507 e. The summed E-state index contributed by atoms with van der Waals surface area (Å²) < 4.78 is 24.1. The fraction of sp³-hybridized carbons (Fsp3) is 0.596. The van der Waals surface area contributed by atoms with Crippen LogP contribution in [0.2, 0.25) is 0 Å². The minimum absolute atomic E-state index is 0.00344. The molecule has 6 rings (SSSR count). The molecule has 1 amide bonds. The zero-order chi connectivity index (χ0) is 46.0. The van der Waals surface area contributed by atoms with Crippen LogP contribution in [0.25, 0.3) is 10.8 Å². The number of esters is 1. The number of aromatic hydroxyl groups is 2. The number of fused-ring (bicyclic) bond motifs is 16. The molecule has 5 N–H and O–H groups in total. The van der Waals surface area contributed by atoms with E-state index in [1.807, 2.05) is 6.92 Å². The molecular weight excluding hydrogens is 797 g/mol. The molecule has 0 unspecified atom stereocenters. The van der Waals surface area contributed by atoms with Crippen molar-refractivity contribution < 1.29 is 53.8 Å². The quantitative estimate of drug-likeness (QED) is 0.145. The summed E-state index contributed by atoms with van der Waals surface area (Å²) in [5, 5.41) is 50.5. The number of phenols is 2. The van der Waals surface area contributed by atoms with Gasteiger partial charge in [-0.05, 0) is 25.8 Å². The lowest BCUT2D eigenvalue weighted by Crippen LogP contribution is -2.47. The number of carbonyl (C=O) groups is 3. The molecule has 4 heterocycles. The monoisotopic (exact) mass is 862 g/mol. The Morgan fingerprint density at radius 3 is 2.26 bits per heavy atom. The Morgan fingerprint density at radius 2 is 1.66 bits per heavy atom. The largest absolute Gasteiger partial charge is 0.507 e. The van der Waals surface area contributed by atoms with Crippen molar-refractivity contribution in [2.24, 2.45) is 39.6 Å². The van der Waals surface area contributed by atoms with Gasteiger partial charge in [0.15, 0.2) is 12.0 Å². The number of amides is 1. The van der Waals surface area contributed by atoms with Crippen LogP contribution < -0.4 is 20.8 Å². The van der Waals surface area contributed by atoms with E-state index in [1.54, 1.807) is 66.7 Å². The van der Waals surface area contributed by atoms with Gasteiger partial charge in [0, 0.05) is 101 Å². The number of aliphatic hydroxyl groups excluding tert-OH is 2. The first kappa shape index (κ1) is 48.2. The molecule has 1 spiro atoms. The van der Waals surface area contributed by atoms with E-state index in [9.17, 15) is 34.8 Å². The second kappa shape index (κ2) is 19.3. The van der Waals surface area contributed by atoms with Crippen LogP contribution in [-0.4, -0.2) is 106 Å². The Kier molecular flexibility index (Phi) is 15.0. The van der Waals surface area contributed by atoms with Gasteiger partial charge in [0.1, 0.15) is 34.0 Å². The lowest BCUT2D eigenvalue weighted by molar-refractivity contribution is -0.160. The number of allylic oxidation sites excluding steroid dienone is 2. The van der Waals surface area contributed by atoms with E-state index in [2.05, 4.69) is 29.1 Å². The first-order chi connectivity index (χ1) is 29.1. The number of hydrogen-bond donors (Lipinski definition) is 5. The van der Waals surface area contributed by atoms with Crippen LogP contribution in [0.1, 0.15) is 98.0 Å². The summed E-state index contributed by atoms with van der Waals surface area (Å²) in [6.07, 6.45) is 5.93. The van der Waals surface area contributed by atoms with Crippen LogP contribution in [0.3, 0.4) is 0 Å². The lowest BCUT2D eigenvalue weighted by atomic mass is 9.78. The molecule has 4 aliphatic rings. The molecule has 2 aromatic rings. The van der Waals surface area contributed by atoms with E-state index in [1.165, 1.54) is 26.4 Å². The van der Waals surface area contributed by atoms with Crippen LogP contribution in [0.15, 0.2) is 46.1 Å². The van der Waals surface area contributed by atoms with Crippen molar-refractivity contribution >= 4 is 34.6 Å². The molecule has 0 saturated carbocycles. The second-order valence-electron chi connectivity index (χ2n) is 18.3. The number of hydrogen-bond acceptors (Lipinski definition) is 14. The third-order valence-corrected chi connectivity index (χ3v) is 12.5. The van der Waals surface area contributed by atoms with Crippen molar-refractivity contribution in [3.05, 3.63) is 58.0 Å². The first-order valence-corrected chi connectivity index (χ1v) is 21.5. The molecule has 1 fully saturated rings. The Morgan fingerprint density at radius 1 is 1.00 bits per heavy atom. The van der Waals surface area contributed by atoms with E-state index >= 15 is 0 Å². The van der Waals surface area contributed by atoms with Gasteiger partial charge in [-0.2, -0.15) is 0 Å². The van der Waals surface area contributed by atoms with E-state index in [4.69, 9.17) is 23.9 Å². The van der Waals surface area contributed by atoms with E-state index in [-0.39, 0.29) is 43.9 Å². The molecule has 2 aromatic carbocycles. The highest BCUT2D eigenvalue weighted by atomic mass is 16.7. The smallest absolute Gasteiger partial charge is 0.302 e. The van der Waals surface area contributed by atoms with E-state index in [0.29, 0.717) is 30.7 Å². The van der Waals surface area contributed by atoms with Crippen molar-refractivity contribution in [1.29, 1.82) is 0 Å². The summed E-state index contributed by atoms with van der Waals surface area (Å²) in [7, 11) is 1.49. The maximum atomic E-state index is 13.9. The molecule has 62 heavy (non-hydrogen) atoms. The summed E-state index contributed by atoms with van der Waals surface area (Å²) in [6.45, 7) is 21.4. The third kappa shape index (κ3) is 10.0. The molecule has 4 aliphatic heterocycles. The summed E-state index contributed by atoms with van der Waals surface area (Å²) in [6, 6.07) is 0. The van der Waals surface area contributed by atoms with Crippen molar-refractivity contribution in [1.82, 2.24) is 4.90 Å². The normalized spacial score (nSPS) is 30.2. The molecule has 1 saturated heterocycles. The number of aldehydes is 1. The molecule has 0 radical (unpaired) electrons. The molecule has 4 bridgehead atoms. The predicted octanol–water partition coefficient (Wildman–Crippen LogP) is 5.39. The number of nitrogens with one attached hydrogen (secondary N) is 1. The molecule has 0 aliphatic carbocycles. The van der Waals surface area contributed by atoms with Gasteiger partial charge in [-0.25, -0.2) is 4.99 Å². The van der Waals surface area contributed by atoms with Crippen molar-refractivity contribution in [3.63, 3.8) is 0 Å². The Bertz CT molecular complexity index is 2240. The molecule has 15 heteroatoms. The van der Waals surface area contributed by atoms with Gasteiger partial charge < -0.3 is 49.6 Å². The highest BCUT2D eigenvalue weighted by Crippen LogP contribution is 2.47. The molecule has 15 nitrogen and oxygen atoms in total. The topological polar surface area (TPSA) is 209 Å². The van der Waals surface area contributed by atoms with Gasteiger partial charge in [0.25, 0.3) is 5.91 Å². The van der Waals surface area contributed by atoms with Gasteiger partial charge in [0.2, 0.25) is 5.79 Å². The van der Waals surface area contributed by atoms with Gasteiger partial charge in [-0.1, -0.05) is 59.8 Å². The first-order valence-electron chi connectivity index (χ1n) is 21.5. The van der Waals surface area contributed by atoms with E-state index in [0.717, 1.165) is 19.6 Å². The molecular formula is C47H66N4O11. The standard InChI is InChI=1S/C47H66N4O11/c1-24(2)22-51-19-17-47(18-20-51)49-36-34-32(23-52)44-30(8)41(56)35(34)42(57)38(37(36)50-47)48-45(58)26(4)15-13-14-25(3)39(54)28(6)40(55)29(7)43(61-31(9)53)27(5)33(59-12)16-21-60-46(10,11)62-44/h13-16,21,23-25,27-29,33,39-40,43,49,54-57H,17-20,22H2,1-12H3/b14-13+,21-16+,26-15-,48-38?/t25-,27+,28+,29+,33-,39-,40+,43+/m0/s1. The van der Waals surface area contributed by atoms with Crippen LogP contribution in [0.5, 0.6) is 17.2 Å². The number of likely N-dealkylation sites (tertiary alicyclic amines) is 1. The predicted molar refractivity (Wildman–Crippen MR) is 234 cm³/mol. The van der Waals surface area contributed by atoms with Gasteiger partial charge in [-0.3, -0.25) is 19.4 Å². The number of nitrogens with zero attached hydrogens (tertiary/aromatic N) is 3. The Balaban J connectivity index is 1.73. The van der Waals surface area contributed by atoms with Crippen LogP contribution in [0, 0.1) is 36.5 Å². The van der Waals surface area contributed by atoms with Crippen LogP contribution in [0.4, 0.5) is 5.69 Å². The lowest BCUT2D eigenvalue weighted by Gasteiger charge is -2.38. The number of rotatable bonds is 5. The number of methoxy groups -OCH3 is 1. The number of carbonyl (C=O) groups excluding carboxylic acids is 3. The fourth-order valence-electron chi connectivity index (χ4n) is 8.93. The number of benzene rings is 2. The summed E-state index contributed by atoms with van der Waals surface area (Å²) in [5.74, 6) is -5.50. The fourth-order valence-corrected chi connectivity index (χ4v) is 8.93. The molecule has 8 atom stereocenters. The number of phenolic OH excluding ortho intramolecular Hbond substituents is 2. The number of anilines is 1. The zero-order valence-corrected chi connectivity index (χ0v) is 38.2. The summed E-state index contributed by atoms with van der Waals surface area (Å²) in [5.41, 5.74) is -0.197. The maximum absolute atomic E-state index is 13.9.